The van der Waals surface area contributed by atoms with Gasteiger partial charge in [-0.25, -0.2) is 0 Å². The highest BCUT2D eigenvalue weighted by Gasteiger charge is 1.82. The number of rotatable bonds is 0. The number of phenols is 1. The third-order valence-corrected chi connectivity index (χ3v) is 0.893. The molecule has 0 saturated carbocycles. The molecule has 2 nitrogen and oxygen atoms in total. The first-order chi connectivity index (χ1) is 5.52. The topological polar surface area (TPSA) is 46.2 Å². The molecule has 0 aromatic heterocycles. The second-order valence-electron chi connectivity index (χ2n) is 1.84. The van der Waals surface area contributed by atoms with Crippen LogP contribution in [0.15, 0.2) is 24.3 Å². The Hall–Kier alpha value is -0.310. The van der Waals surface area contributed by atoms with Gasteiger partial charge in [0.2, 0.25) is 0 Å². The average molecular weight is 229 g/mol. The van der Waals surface area contributed by atoms with Crippen LogP contribution in [-0.2, 0) is 0 Å². The Morgan fingerprint density at radius 1 is 1.08 bits per heavy atom. The molecule has 1 rings (SSSR count). The molecule has 1 aromatic rings. The van der Waals surface area contributed by atoms with E-state index in [9.17, 15) is 0 Å². The molecule has 0 saturated heterocycles. The number of aromatic hydroxyl groups is 1. The number of halogens is 3. The molecule has 1 aromatic carbocycles. The van der Waals surface area contributed by atoms with Crippen LogP contribution in [0.4, 0.5) is 5.69 Å². The molecule has 0 atom stereocenters. The molecule has 0 heterocycles. The minimum absolute atomic E-state index is 0.249. The summed E-state index contributed by atoms with van der Waals surface area (Å²) in [4.78, 5) is 0. The number of hydrogen-bond acceptors (Lipinski definition) is 2. The van der Waals surface area contributed by atoms with Gasteiger partial charge in [0.25, 0.3) is 0 Å². The molecule has 0 spiro atoms. The molecule has 0 aliphatic heterocycles. The van der Waals surface area contributed by atoms with Crippen LogP contribution in [0, 0.1) is 0 Å². The second-order valence-corrected chi connectivity index (χ2v) is 3.82. The summed E-state index contributed by atoms with van der Waals surface area (Å²) >= 11 is 14.4. The standard InChI is InChI=1S/C6H7NO.CHCl3/c7-5-1-3-6(8)4-2-5;2-1(3)4/h1-4,8H,7H2;1H. The van der Waals surface area contributed by atoms with Crippen LogP contribution >= 0.6 is 34.8 Å². The predicted octanol–water partition coefficient (Wildman–Crippen LogP) is 2.96. The monoisotopic (exact) mass is 227 g/mol. The lowest BCUT2D eigenvalue weighted by Gasteiger charge is -1.89. The quantitative estimate of drug-likeness (QED) is 0.407. The van der Waals surface area contributed by atoms with Crippen molar-refractivity contribution in [3.05, 3.63) is 24.3 Å². The summed E-state index contributed by atoms with van der Waals surface area (Å²) in [7, 11) is 0. The Kier molecular flexibility index (Phi) is 6.07. The molecule has 0 unspecified atom stereocenters. The summed E-state index contributed by atoms with van der Waals surface area (Å²) in [6.07, 6.45) is 0. The molecule has 0 amide bonds. The van der Waals surface area contributed by atoms with E-state index < -0.39 is 4.30 Å². The fourth-order valence-electron chi connectivity index (χ4n) is 0.474. The van der Waals surface area contributed by atoms with Crippen molar-refractivity contribution < 1.29 is 5.11 Å². The minimum Gasteiger partial charge on any atom is -0.508 e. The average Bonchev–Trinajstić information content (AvgIpc) is 1.94. The van der Waals surface area contributed by atoms with E-state index in [0.29, 0.717) is 5.69 Å². The second kappa shape index (κ2) is 6.23. The maximum absolute atomic E-state index is 8.70. The Labute approximate surface area is 85.8 Å². The zero-order valence-corrected chi connectivity index (χ0v) is 8.31. The largest absolute Gasteiger partial charge is 0.508 e. The Morgan fingerprint density at radius 3 is 1.67 bits per heavy atom. The van der Waals surface area contributed by atoms with E-state index in [-0.39, 0.29) is 5.75 Å². The van der Waals surface area contributed by atoms with Gasteiger partial charge in [-0.1, -0.05) is 34.8 Å². The Morgan fingerprint density at radius 2 is 1.42 bits per heavy atom. The first-order valence-corrected chi connectivity index (χ1v) is 4.30. The predicted molar refractivity (Wildman–Crippen MR) is 53.9 cm³/mol. The van der Waals surface area contributed by atoms with Gasteiger partial charge in [-0.15, -0.1) is 0 Å². The summed E-state index contributed by atoms with van der Waals surface area (Å²) in [5.74, 6) is 0.249. The molecule has 5 heteroatoms. The molecular weight excluding hydrogens is 220 g/mol. The van der Waals surface area contributed by atoms with Gasteiger partial charge >= 0.3 is 0 Å². The van der Waals surface area contributed by atoms with Gasteiger partial charge in [-0.2, -0.15) is 0 Å². The van der Waals surface area contributed by atoms with Crippen molar-refractivity contribution in [2.24, 2.45) is 0 Å². The van der Waals surface area contributed by atoms with Crippen molar-refractivity contribution in [3.63, 3.8) is 0 Å². The molecule has 0 aliphatic rings. The fourth-order valence-corrected chi connectivity index (χ4v) is 0.474. The number of benzene rings is 1. The van der Waals surface area contributed by atoms with Crippen LogP contribution < -0.4 is 5.73 Å². The highest BCUT2D eigenvalue weighted by molar-refractivity contribution is 6.63. The van der Waals surface area contributed by atoms with Gasteiger partial charge in [0.15, 0.2) is 4.30 Å². The van der Waals surface area contributed by atoms with Crippen molar-refractivity contribution >= 4 is 40.5 Å². The van der Waals surface area contributed by atoms with Crippen LogP contribution in [0.3, 0.4) is 0 Å². The number of nitrogens with two attached hydrogens (primary N) is 1. The first kappa shape index (κ1) is 11.7. The van der Waals surface area contributed by atoms with Gasteiger partial charge in [0.1, 0.15) is 5.75 Å². The first-order valence-electron chi connectivity index (χ1n) is 2.99. The summed E-state index contributed by atoms with van der Waals surface area (Å²) in [5, 5.41) is 8.70. The molecule has 3 N–H and O–H groups in total. The van der Waals surface area contributed by atoms with E-state index in [1.165, 1.54) is 0 Å². The Balaban J connectivity index is 0.000000261. The maximum atomic E-state index is 8.70. The molecule has 0 radical (unpaired) electrons. The number of alkyl halides is 3. The highest BCUT2D eigenvalue weighted by Crippen LogP contribution is 2.09. The summed E-state index contributed by atoms with van der Waals surface area (Å²) in [5.41, 5.74) is 5.98. The van der Waals surface area contributed by atoms with E-state index in [1.54, 1.807) is 24.3 Å². The SMILES string of the molecule is ClC(Cl)Cl.Nc1ccc(O)cc1. The van der Waals surface area contributed by atoms with Crippen molar-refractivity contribution in [1.82, 2.24) is 0 Å². The van der Waals surface area contributed by atoms with Gasteiger partial charge in [0, 0.05) is 5.69 Å². The summed E-state index contributed by atoms with van der Waals surface area (Å²) in [6, 6.07) is 6.40. The van der Waals surface area contributed by atoms with Crippen LogP contribution in [0.2, 0.25) is 0 Å². The minimum atomic E-state index is -0.750. The maximum Gasteiger partial charge on any atom is 0.180 e. The lowest BCUT2D eigenvalue weighted by Crippen LogP contribution is -1.80. The van der Waals surface area contributed by atoms with Gasteiger partial charge in [-0.3, -0.25) is 0 Å². The molecule has 12 heavy (non-hydrogen) atoms. The lowest BCUT2D eigenvalue weighted by molar-refractivity contribution is 0.475. The summed E-state index contributed by atoms with van der Waals surface area (Å²) < 4.78 is -0.750. The van der Waals surface area contributed by atoms with E-state index in [0.717, 1.165) is 0 Å². The van der Waals surface area contributed by atoms with Crippen LogP contribution in [-0.4, -0.2) is 9.40 Å². The molecular formula is C7H8Cl3NO. The smallest absolute Gasteiger partial charge is 0.180 e. The number of hydrogen-bond donors (Lipinski definition) is 2. The zero-order valence-electron chi connectivity index (χ0n) is 6.05. The van der Waals surface area contributed by atoms with Gasteiger partial charge in [0.05, 0.1) is 0 Å². The molecule has 0 fully saturated rings. The normalized spacial score (nSPS) is 9.00. The van der Waals surface area contributed by atoms with Crippen molar-refractivity contribution in [1.29, 1.82) is 0 Å². The van der Waals surface area contributed by atoms with Crippen molar-refractivity contribution in [3.8, 4) is 5.75 Å². The van der Waals surface area contributed by atoms with E-state index in [2.05, 4.69) is 0 Å². The third kappa shape index (κ3) is 7.79. The van der Waals surface area contributed by atoms with Crippen LogP contribution in [0.5, 0.6) is 5.75 Å². The Bertz CT molecular complexity index is 189. The van der Waals surface area contributed by atoms with E-state index >= 15 is 0 Å². The third-order valence-electron chi connectivity index (χ3n) is 0.893. The molecule has 68 valence electrons. The van der Waals surface area contributed by atoms with Crippen LogP contribution in [0.25, 0.3) is 0 Å². The zero-order chi connectivity index (χ0) is 9.56. The highest BCUT2D eigenvalue weighted by atomic mass is 35.6. The number of phenolic OH excluding ortho intramolecular Hbond substituents is 1. The van der Waals surface area contributed by atoms with E-state index in [1.807, 2.05) is 0 Å². The fraction of sp³-hybridized carbons (Fsp3) is 0.143. The lowest BCUT2D eigenvalue weighted by atomic mass is 10.3. The summed E-state index contributed by atoms with van der Waals surface area (Å²) in [6.45, 7) is 0. The van der Waals surface area contributed by atoms with Crippen molar-refractivity contribution in [2.75, 3.05) is 5.73 Å². The number of nitrogen functional groups attached to an aromatic ring is 1. The van der Waals surface area contributed by atoms with Gasteiger partial charge in [-0.05, 0) is 24.3 Å². The molecule has 0 bridgehead atoms. The van der Waals surface area contributed by atoms with Crippen molar-refractivity contribution in [2.45, 2.75) is 4.30 Å². The number of anilines is 1. The van der Waals surface area contributed by atoms with Gasteiger partial charge < -0.3 is 10.8 Å². The van der Waals surface area contributed by atoms with E-state index in [4.69, 9.17) is 45.6 Å². The van der Waals surface area contributed by atoms with Crippen LogP contribution in [0.1, 0.15) is 0 Å². The molecule has 0 aliphatic carbocycles.